The van der Waals surface area contributed by atoms with Gasteiger partial charge in [-0.15, -0.1) is 0 Å². The molecular formula is C18H16N4OS. The molecular weight excluding hydrogens is 320 g/mol. The molecule has 5 nitrogen and oxygen atoms in total. The Kier molecular flexibility index (Phi) is 3.54. The standard InChI is InChI=1S/C18H16N4OS/c1-11-9-12-10-13(6-7-14(12)19-11)20-17(23)16-15-5-3-4-8-22(15)18(21-16)24-2/h3-10,19H,1-2H3,(H,20,23). The molecule has 4 rings (SSSR count). The number of fused-ring (bicyclic) bond motifs is 2. The molecule has 1 amide bonds. The fourth-order valence-corrected chi connectivity index (χ4v) is 3.41. The smallest absolute Gasteiger partial charge is 0.276 e. The SMILES string of the molecule is CSc1nc(C(=O)Nc2ccc3[nH]c(C)cc3c2)c2ccccn12. The number of aryl methyl sites for hydroxylation is 1. The fourth-order valence-electron chi connectivity index (χ4n) is 2.87. The van der Waals surface area contributed by atoms with Crippen molar-refractivity contribution in [2.24, 2.45) is 0 Å². The topological polar surface area (TPSA) is 62.2 Å². The fraction of sp³-hybridized carbons (Fsp3) is 0.111. The van der Waals surface area contributed by atoms with Crippen molar-refractivity contribution >= 4 is 39.8 Å². The van der Waals surface area contributed by atoms with Crippen LogP contribution >= 0.6 is 11.8 Å². The average Bonchev–Trinajstić information content (AvgIpc) is 3.13. The van der Waals surface area contributed by atoms with Crippen LogP contribution in [-0.4, -0.2) is 26.5 Å². The number of pyridine rings is 1. The van der Waals surface area contributed by atoms with Crippen molar-refractivity contribution < 1.29 is 4.79 Å². The molecule has 24 heavy (non-hydrogen) atoms. The van der Waals surface area contributed by atoms with Gasteiger partial charge in [-0.2, -0.15) is 0 Å². The van der Waals surface area contributed by atoms with Crippen LogP contribution in [0.4, 0.5) is 5.69 Å². The third-order valence-corrected chi connectivity index (χ3v) is 4.58. The Hall–Kier alpha value is -2.73. The number of carbonyl (C=O) groups is 1. The van der Waals surface area contributed by atoms with Crippen molar-refractivity contribution in [1.82, 2.24) is 14.4 Å². The van der Waals surface area contributed by atoms with Crippen LogP contribution in [0, 0.1) is 6.92 Å². The number of aromatic amines is 1. The average molecular weight is 336 g/mol. The summed E-state index contributed by atoms with van der Waals surface area (Å²) in [6.45, 7) is 2.01. The molecule has 0 aliphatic carbocycles. The van der Waals surface area contributed by atoms with Crippen molar-refractivity contribution in [2.75, 3.05) is 11.6 Å². The molecule has 6 heteroatoms. The van der Waals surface area contributed by atoms with Crippen LogP contribution in [-0.2, 0) is 0 Å². The van der Waals surface area contributed by atoms with E-state index in [1.165, 1.54) is 11.8 Å². The molecule has 3 heterocycles. The zero-order chi connectivity index (χ0) is 16.7. The Labute approximate surface area is 143 Å². The van der Waals surface area contributed by atoms with Crippen molar-refractivity contribution in [3.8, 4) is 0 Å². The summed E-state index contributed by atoms with van der Waals surface area (Å²) in [6.07, 6.45) is 3.87. The van der Waals surface area contributed by atoms with Crippen LogP contribution < -0.4 is 5.32 Å². The minimum Gasteiger partial charge on any atom is -0.359 e. The van der Waals surface area contributed by atoms with Gasteiger partial charge in [-0.3, -0.25) is 9.20 Å². The molecule has 0 aliphatic heterocycles. The predicted octanol–water partition coefficient (Wildman–Crippen LogP) is 4.10. The third-order valence-electron chi connectivity index (χ3n) is 3.93. The van der Waals surface area contributed by atoms with E-state index >= 15 is 0 Å². The van der Waals surface area contributed by atoms with Gasteiger partial charge in [0.05, 0.1) is 5.52 Å². The van der Waals surface area contributed by atoms with Crippen LogP contribution in [0.25, 0.3) is 16.4 Å². The molecule has 0 saturated carbocycles. The summed E-state index contributed by atoms with van der Waals surface area (Å²) in [5, 5.41) is 4.82. The molecule has 0 bridgehead atoms. The predicted molar refractivity (Wildman–Crippen MR) is 98.0 cm³/mol. The molecule has 120 valence electrons. The lowest BCUT2D eigenvalue weighted by molar-refractivity contribution is 0.102. The van der Waals surface area contributed by atoms with Crippen molar-refractivity contribution in [1.29, 1.82) is 0 Å². The molecule has 0 fully saturated rings. The van der Waals surface area contributed by atoms with E-state index in [1.54, 1.807) is 0 Å². The number of rotatable bonds is 3. The molecule has 0 spiro atoms. The second kappa shape index (κ2) is 5.72. The Morgan fingerprint density at radius 2 is 2.12 bits per heavy atom. The molecule has 0 atom stereocenters. The van der Waals surface area contributed by atoms with Crippen LogP contribution in [0.2, 0.25) is 0 Å². The molecule has 0 unspecified atom stereocenters. The van der Waals surface area contributed by atoms with Crippen LogP contribution in [0.3, 0.4) is 0 Å². The quantitative estimate of drug-likeness (QED) is 0.554. The second-order valence-electron chi connectivity index (χ2n) is 5.61. The van der Waals surface area contributed by atoms with Gasteiger partial charge >= 0.3 is 0 Å². The van der Waals surface area contributed by atoms with E-state index in [-0.39, 0.29) is 5.91 Å². The molecule has 0 radical (unpaired) electrons. The third kappa shape index (κ3) is 2.45. The number of nitrogens with one attached hydrogen (secondary N) is 2. The van der Waals surface area contributed by atoms with Gasteiger partial charge in [-0.05, 0) is 49.6 Å². The van der Waals surface area contributed by atoms with Gasteiger partial charge < -0.3 is 10.3 Å². The van der Waals surface area contributed by atoms with Crippen LogP contribution in [0.5, 0.6) is 0 Å². The summed E-state index contributed by atoms with van der Waals surface area (Å²) in [4.78, 5) is 20.4. The lowest BCUT2D eigenvalue weighted by Crippen LogP contribution is -2.12. The van der Waals surface area contributed by atoms with Crippen molar-refractivity contribution in [2.45, 2.75) is 12.1 Å². The van der Waals surface area contributed by atoms with Crippen LogP contribution in [0.15, 0.2) is 53.8 Å². The van der Waals surface area contributed by atoms with E-state index in [1.807, 2.05) is 60.2 Å². The van der Waals surface area contributed by atoms with Gasteiger partial charge in [0.1, 0.15) is 0 Å². The number of imidazole rings is 1. The first kappa shape index (κ1) is 14.8. The van der Waals surface area contributed by atoms with Gasteiger partial charge in [-0.1, -0.05) is 17.8 Å². The zero-order valence-corrected chi connectivity index (χ0v) is 14.1. The van der Waals surface area contributed by atoms with Gasteiger partial charge in [-0.25, -0.2) is 4.98 Å². The number of nitrogens with zero attached hydrogens (tertiary/aromatic N) is 2. The number of H-pyrrole nitrogens is 1. The van der Waals surface area contributed by atoms with Gasteiger partial charge in [0, 0.05) is 28.5 Å². The number of hydrogen-bond acceptors (Lipinski definition) is 3. The lowest BCUT2D eigenvalue weighted by Gasteiger charge is -2.04. The maximum Gasteiger partial charge on any atom is 0.276 e. The lowest BCUT2D eigenvalue weighted by atomic mass is 10.2. The molecule has 0 saturated heterocycles. The van der Waals surface area contributed by atoms with E-state index in [2.05, 4.69) is 21.4 Å². The monoisotopic (exact) mass is 336 g/mol. The maximum absolute atomic E-state index is 12.7. The minimum absolute atomic E-state index is 0.203. The summed E-state index contributed by atoms with van der Waals surface area (Å²) < 4.78 is 1.93. The first-order valence-electron chi connectivity index (χ1n) is 7.57. The number of hydrogen-bond donors (Lipinski definition) is 2. The Bertz CT molecular complexity index is 1060. The van der Waals surface area contributed by atoms with E-state index in [9.17, 15) is 4.79 Å². The number of amides is 1. The number of anilines is 1. The summed E-state index contributed by atoms with van der Waals surface area (Å²) in [7, 11) is 0. The Morgan fingerprint density at radius 3 is 2.96 bits per heavy atom. The summed E-state index contributed by atoms with van der Waals surface area (Å²) in [5.74, 6) is -0.203. The highest BCUT2D eigenvalue weighted by Crippen LogP contribution is 2.23. The highest BCUT2D eigenvalue weighted by atomic mass is 32.2. The van der Waals surface area contributed by atoms with Gasteiger partial charge in [0.15, 0.2) is 10.9 Å². The summed E-state index contributed by atoms with van der Waals surface area (Å²) in [5.41, 5.74) is 4.15. The highest BCUT2D eigenvalue weighted by Gasteiger charge is 2.17. The van der Waals surface area contributed by atoms with Crippen molar-refractivity contribution in [3.05, 3.63) is 60.0 Å². The van der Waals surface area contributed by atoms with Gasteiger partial charge in [0.25, 0.3) is 5.91 Å². The van der Waals surface area contributed by atoms with E-state index < -0.39 is 0 Å². The normalized spacial score (nSPS) is 11.2. The van der Waals surface area contributed by atoms with E-state index in [4.69, 9.17) is 0 Å². The maximum atomic E-state index is 12.7. The summed E-state index contributed by atoms with van der Waals surface area (Å²) in [6, 6.07) is 13.6. The molecule has 1 aromatic carbocycles. The number of thioether (sulfide) groups is 1. The molecule has 4 aromatic rings. The first-order chi connectivity index (χ1) is 11.7. The summed E-state index contributed by atoms with van der Waals surface area (Å²) >= 11 is 1.52. The number of benzene rings is 1. The highest BCUT2D eigenvalue weighted by molar-refractivity contribution is 7.98. The van der Waals surface area contributed by atoms with Crippen LogP contribution in [0.1, 0.15) is 16.2 Å². The molecule has 2 N–H and O–H groups in total. The van der Waals surface area contributed by atoms with Gasteiger partial charge in [0.2, 0.25) is 0 Å². The molecule has 3 aromatic heterocycles. The first-order valence-corrected chi connectivity index (χ1v) is 8.80. The van der Waals surface area contributed by atoms with E-state index in [0.717, 1.165) is 33.0 Å². The minimum atomic E-state index is -0.203. The number of aromatic nitrogens is 3. The Balaban J connectivity index is 1.70. The van der Waals surface area contributed by atoms with E-state index in [0.29, 0.717) is 5.69 Å². The number of carbonyl (C=O) groups excluding carboxylic acids is 1. The second-order valence-corrected chi connectivity index (χ2v) is 6.38. The van der Waals surface area contributed by atoms with Crippen molar-refractivity contribution in [3.63, 3.8) is 0 Å². The Morgan fingerprint density at radius 1 is 1.25 bits per heavy atom. The molecule has 0 aliphatic rings. The zero-order valence-electron chi connectivity index (χ0n) is 13.3. The largest absolute Gasteiger partial charge is 0.359 e.